The Bertz CT molecular complexity index is 1200. The number of carbonyl (C=O) groups is 1. The Morgan fingerprint density at radius 3 is 2.61 bits per heavy atom. The number of rotatable bonds is 9. The van der Waals surface area contributed by atoms with Gasteiger partial charge < -0.3 is 14.5 Å². The van der Waals surface area contributed by atoms with Crippen LogP contribution in [-0.2, 0) is 4.79 Å². The fourth-order valence-corrected chi connectivity index (χ4v) is 4.22. The standard InChI is InChI=1S/C25H26N4O3S/c1-4-17(2)20-8-5-6-9-21(20)26-23(30)16-33-25-28-27-24(22-10-7-15-32-22)29(25)18-11-13-19(31-3)14-12-18/h5-15,17H,4,16H2,1-3H3,(H,26,30). The first kappa shape index (κ1) is 22.7. The number of hydrogen-bond acceptors (Lipinski definition) is 6. The lowest BCUT2D eigenvalue weighted by atomic mass is 9.97. The first-order valence-electron chi connectivity index (χ1n) is 10.8. The number of aromatic nitrogens is 3. The number of nitrogens with zero attached hydrogens (tertiary/aromatic N) is 3. The lowest BCUT2D eigenvalue weighted by molar-refractivity contribution is -0.113. The van der Waals surface area contributed by atoms with Crippen LogP contribution in [0.5, 0.6) is 5.75 Å². The summed E-state index contributed by atoms with van der Waals surface area (Å²) in [4.78, 5) is 12.8. The molecule has 1 atom stereocenters. The van der Waals surface area contributed by atoms with E-state index in [-0.39, 0.29) is 11.7 Å². The Hall–Kier alpha value is -3.52. The Morgan fingerprint density at radius 2 is 1.91 bits per heavy atom. The van der Waals surface area contributed by atoms with Gasteiger partial charge in [-0.15, -0.1) is 10.2 Å². The number of furan rings is 1. The molecule has 0 aliphatic heterocycles. The number of hydrogen-bond donors (Lipinski definition) is 1. The van der Waals surface area contributed by atoms with Crippen molar-refractivity contribution in [3.63, 3.8) is 0 Å². The zero-order valence-electron chi connectivity index (χ0n) is 18.8. The maximum absolute atomic E-state index is 12.8. The lowest BCUT2D eigenvalue weighted by Crippen LogP contribution is -2.16. The third-order valence-electron chi connectivity index (χ3n) is 5.42. The minimum absolute atomic E-state index is 0.0976. The second-order valence-corrected chi connectivity index (χ2v) is 8.49. The number of thioether (sulfide) groups is 1. The molecular weight excluding hydrogens is 436 g/mol. The van der Waals surface area contributed by atoms with E-state index in [2.05, 4.69) is 35.4 Å². The highest BCUT2D eigenvalue weighted by Gasteiger charge is 2.19. The predicted octanol–water partition coefficient (Wildman–Crippen LogP) is 5.78. The Balaban J connectivity index is 1.56. The van der Waals surface area contributed by atoms with Gasteiger partial charge in [0.25, 0.3) is 0 Å². The van der Waals surface area contributed by atoms with Crippen LogP contribution < -0.4 is 10.1 Å². The molecule has 0 saturated heterocycles. The lowest BCUT2D eigenvalue weighted by Gasteiger charge is -2.15. The topological polar surface area (TPSA) is 82.2 Å². The van der Waals surface area contributed by atoms with Crippen molar-refractivity contribution < 1.29 is 13.9 Å². The number of methoxy groups -OCH3 is 1. The van der Waals surface area contributed by atoms with E-state index in [9.17, 15) is 4.79 Å². The highest BCUT2D eigenvalue weighted by molar-refractivity contribution is 7.99. The Kier molecular flexibility index (Phi) is 7.14. The molecule has 0 spiro atoms. The van der Waals surface area contributed by atoms with Gasteiger partial charge in [0, 0.05) is 5.69 Å². The average molecular weight is 463 g/mol. The number of carbonyl (C=O) groups excluding carboxylic acids is 1. The number of para-hydroxylation sites is 1. The quantitative estimate of drug-likeness (QED) is 0.318. The molecule has 2 aromatic heterocycles. The van der Waals surface area contributed by atoms with Crippen LogP contribution in [0, 0.1) is 0 Å². The van der Waals surface area contributed by atoms with Gasteiger partial charge in [0.1, 0.15) is 5.75 Å². The van der Waals surface area contributed by atoms with Crippen LogP contribution in [0.3, 0.4) is 0 Å². The van der Waals surface area contributed by atoms with Crippen LogP contribution in [0.15, 0.2) is 76.5 Å². The summed E-state index contributed by atoms with van der Waals surface area (Å²) in [5.74, 6) is 2.37. The molecule has 0 radical (unpaired) electrons. The van der Waals surface area contributed by atoms with Crippen molar-refractivity contribution in [2.24, 2.45) is 0 Å². The van der Waals surface area contributed by atoms with Gasteiger partial charge in [-0.25, -0.2) is 0 Å². The summed E-state index contributed by atoms with van der Waals surface area (Å²) in [6.45, 7) is 4.30. The summed E-state index contributed by atoms with van der Waals surface area (Å²) in [6.07, 6.45) is 2.60. The van der Waals surface area contributed by atoms with Crippen molar-refractivity contribution in [2.45, 2.75) is 31.3 Å². The minimum atomic E-state index is -0.0976. The van der Waals surface area contributed by atoms with E-state index in [1.165, 1.54) is 11.8 Å². The van der Waals surface area contributed by atoms with E-state index in [0.29, 0.717) is 22.7 Å². The SMILES string of the molecule is CCC(C)c1ccccc1NC(=O)CSc1nnc(-c2ccco2)n1-c1ccc(OC)cc1. The zero-order chi connectivity index (χ0) is 23.2. The third kappa shape index (κ3) is 5.12. The molecule has 33 heavy (non-hydrogen) atoms. The number of amides is 1. The second-order valence-electron chi connectivity index (χ2n) is 7.55. The van der Waals surface area contributed by atoms with Gasteiger partial charge >= 0.3 is 0 Å². The van der Waals surface area contributed by atoms with Crippen molar-refractivity contribution in [1.29, 1.82) is 0 Å². The molecule has 0 aliphatic carbocycles. The maximum Gasteiger partial charge on any atom is 0.234 e. The summed E-state index contributed by atoms with van der Waals surface area (Å²) in [6, 6.07) is 19.1. The first-order valence-corrected chi connectivity index (χ1v) is 11.7. The smallest absolute Gasteiger partial charge is 0.234 e. The highest BCUT2D eigenvalue weighted by Crippen LogP contribution is 2.30. The van der Waals surface area contributed by atoms with Crippen molar-refractivity contribution in [3.05, 3.63) is 72.5 Å². The van der Waals surface area contributed by atoms with Crippen molar-refractivity contribution in [1.82, 2.24) is 14.8 Å². The second kappa shape index (κ2) is 10.4. The number of ether oxygens (including phenoxy) is 1. The molecule has 170 valence electrons. The van der Waals surface area contributed by atoms with E-state index < -0.39 is 0 Å². The highest BCUT2D eigenvalue weighted by atomic mass is 32.2. The minimum Gasteiger partial charge on any atom is -0.497 e. The molecular formula is C25H26N4O3S. The van der Waals surface area contributed by atoms with Crippen molar-refractivity contribution in [3.8, 4) is 23.0 Å². The van der Waals surface area contributed by atoms with Crippen LogP contribution in [0.1, 0.15) is 31.7 Å². The van der Waals surface area contributed by atoms with E-state index in [1.807, 2.05) is 53.1 Å². The van der Waals surface area contributed by atoms with Crippen molar-refractivity contribution >= 4 is 23.4 Å². The molecule has 1 unspecified atom stereocenters. The summed E-state index contributed by atoms with van der Waals surface area (Å²) in [5.41, 5.74) is 2.84. The third-order valence-corrected chi connectivity index (χ3v) is 6.35. The number of nitrogens with one attached hydrogen (secondary N) is 1. The van der Waals surface area contributed by atoms with E-state index in [0.717, 1.165) is 29.1 Å². The average Bonchev–Trinajstić information content (AvgIpc) is 3.52. The molecule has 0 bridgehead atoms. The van der Waals surface area contributed by atoms with Gasteiger partial charge in [0.2, 0.25) is 11.7 Å². The van der Waals surface area contributed by atoms with Gasteiger partial charge in [0.05, 0.1) is 24.8 Å². The first-order chi connectivity index (χ1) is 16.1. The van der Waals surface area contributed by atoms with Crippen LogP contribution in [0.2, 0.25) is 0 Å². The van der Waals surface area contributed by atoms with E-state index in [1.54, 1.807) is 19.4 Å². The summed E-state index contributed by atoms with van der Waals surface area (Å²) in [7, 11) is 1.63. The molecule has 1 N–H and O–H groups in total. The molecule has 2 aromatic carbocycles. The molecule has 4 aromatic rings. The van der Waals surface area contributed by atoms with Crippen LogP contribution >= 0.6 is 11.8 Å². The predicted molar refractivity (Wildman–Crippen MR) is 130 cm³/mol. The largest absolute Gasteiger partial charge is 0.497 e. The van der Waals surface area contributed by atoms with E-state index >= 15 is 0 Å². The molecule has 0 saturated carbocycles. The number of benzene rings is 2. The summed E-state index contributed by atoms with van der Waals surface area (Å²) >= 11 is 1.32. The normalized spacial score (nSPS) is 11.8. The number of anilines is 1. The molecule has 0 fully saturated rings. The van der Waals surface area contributed by atoms with Gasteiger partial charge in [-0.05, 0) is 60.4 Å². The van der Waals surface area contributed by atoms with Crippen LogP contribution in [0.4, 0.5) is 5.69 Å². The van der Waals surface area contributed by atoms with Gasteiger partial charge in [-0.2, -0.15) is 0 Å². The Morgan fingerprint density at radius 1 is 1.12 bits per heavy atom. The van der Waals surface area contributed by atoms with Crippen LogP contribution in [0.25, 0.3) is 17.3 Å². The fraction of sp³-hybridized carbons (Fsp3) is 0.240. The van der Waals surface area contributed by atoms with Crippen molar-refractivity contribution in [2.75, 3.05) is 18.2 Å². The van der Waals surface area contributed by atoms with E-state index in [4.69, 9.17) is 9.15 Å². The van der Waals surface area contributed by atoms with Gasteiger partial charge in [-0.1, -0.05) is 43.8 Å². The molecule has 8 heteroatoms. The molecule has 7 nitrogen and oxygen atoms in total. The summed E-state index contributed by atoms with van der Waals surface area (Å²) < 4.78 is 12.7. The molecule has 1 amide bonds. The van der Waals surface area contributed by atoms with Crippen LogP contribution in [-0.4, -0.2) is 33.5 Å². The molecule has 2 heterocycles. The summed E-state index contributed by atoms with van der Waals surface area (Å²) in [5, 5.41) is 12.3. The Labute approximate surface area is 197 Å². The van der Waals surface area contributed by atoms with Gasteiger partial charge in [0.15, 0.2) is 10.9 Å². The maximum atomic E-state index is 12.8. The monoisotopic (exact) mass is 462 g/mol. The molecule has 4 rings (SSSR count). The molecule has 0 aliphatic rings. The zero-order valence-corrected chi connectivity index (χ0v) is 19.6. The fourth-order valence-electron chi connectivity index (χ4n) is 3.47. The van der Waals surface area contributed by atoms with Gasteiger partial charge in [-0.3, -0.25) is 9.36 Å².